The van der Waals surface area contributed by atoms with Crippen molar-refractivity contribution in [3.8, 4) is 5.88 Å². The highest BCUT2D eigenvalue weighted by atomic mass is 32.1. The molecule has 2 atom stereocenters. The Morgan fingerprint density at radius 2 is 2.17 bits per heavy atom. The Kier molecular flexibility index (Phi) is 3.85. The van der Waals surface area contributed by atoms with Gasteiger partial charge in [-0.2, -0.15) is 4.52 Å². The van der Waals surface area contributed by atoms with Crippen LogP contribution in [0.3, 0.4) is 0 Å². The highest BCUT2D eigenvalue weighted by Gasteiger charge is 2.35. The van der Waals surface area contributed by atoms with Crippen LogP contribution in [0.15, 0.2) is 16.5 Å². The molecule has 0 bridgehead atoms. The van der Waals surface area contributed by atoms with Crippen molar-refractivity contribution in [2.24, 2.45) is 0 Å². The molecule has 1 fully saturated rings. The minimum Gasteiger partial charge on any atom is -0.492 e. The molecule has 1 N–H and O–H groups in total. The number of likely N-dealkylation sites (tertiary alicyclic amines) is 1. The first-order valence-corrected chi connectivity index (χ1v) is 9.23. The van der Waals surface area contributed by atoms with Crippen LogP contribution in [0.1, 0.15) is 54.5 Å². The lowest BCUT2D eigenvalue weighted by Gasteiger charge is -2.38. The van der Waals surface area contributed by atoms with Gasteiger partial charge in [0, 0.05) is 6.04 Å². The van der Waals surface area contributed by atoms with Crippen molar-refractivity contribution in [1.82, 2.24) is 19.5 Å². The van der Waals surface area contributed by atoms with Crippen LogP contribution in [0.5, 0.6) is 5.88 Å². The van der Waals surface area contributed by atoms with Gasteiger partial charge in [0.15, 0.2) is 0 Å². The van der Waals surface area contributed by atoms with E-state index in [4.69, 9.17) is 4.42 Å². The molecule has 128 valence electrons. The SMILES string of the molecule is Cc1nc2sc(C(c3ccc(C)o3)N3CCCCC3C)c(O)n2n1. The molecule has 0 radical (unpaired) electrons. The second kappa shape index (κ2) is 5.89. The molecule has 3 aromatic rings. The molecular formula is C17H22N4O2S. The van der Waals surface area contributed by atoms with Gasteiger partial charge in [0.2, 0.25) is 10.8 Å². The molecule has 24 heavy (non-hydrogen) atoms. The molecule has 7 heteroatoms. The summed E-state index contributed by atoms with van der Waals surface area (Å²) in [6.45, 7) is 7.03. The van der Waals surface area contributed by atoms with Crippen molar-refractivity contribution in [3.05, 3.63) is 34.4 Å². The van der Waals surface area contributed by atoms with Crippen LogP contribution in [0.25, 0.3) is 4.96 Å². The van der Waals surface area contributed by atoms with E-state index in [0.29, 0.717) is 11.9 Å². The van der Waals surface area contributed by atoms with E-state index in [-0.39, 0.29) is 11.9 Å². The topological polar surface area (TPSA) is 66.8 Å². The van der Waals surface area contributed by atoms with Gasteiger partial charge in [-0.05, 0) is 52.3 Å². The summed E-state index contributed by atoms with van der Waals surface area (Å²) >= 11 is 1.49. The van der Waals surface area contributed by atoms with Crippen LogP contribution >= 0.6 is 11.3 Å². The maximum atomic E-state index is 10.8. The first-order valence-electron chi connectivity index (χ1n) is 8.41. The van der Waals surface area contributed by atoms with E-state index in [1.807, 2.05) is 26.0 Å². The third-order valence-electron chi connectivity index (χ3n) is 4.77. The smallest absolute Gasteiger partial charge is 0.230 e. The van der Waals surface area contributed by atoms with E-state index < -0.39 is 0 Å². The Morgan fingerprint density at radius 1 is 1.33 bits per heavy atom. The van der Waals surface area contributed by atoms with Crippen molar-refractivity contribution in [2.45, 2.75) is 52.1 Å². The Balaban J connectivity index is 1.84. The Morgan fingerprint density at radius 3 is 2.83 bits per heavy atom. The zero-order valence-electron chi connectivity index (χ0n) is 14.2. The van der Waals surface area contributed by atoms with Gasteiger partial charge in [0.25, 0.3) is 0 Å². The summed E-state index contributed by atoms with van der Waals surface area (Å²) in [5.41, 5.74) is 0. The van der Waals surface area contributed by atoms with Crippen LogP contribution in [-0.2, 0) is 0 Å². The predicted molar refractivity (Wildman–Crippen MR) is 92.6 cm³/mol. The zero-order chi connectivity index (χ0) is 16.8. The van der Waals surface area contributed by atoms with E-state index >= 15 is 0 Å². The molecule has 0 amide bonds. The molecule has 6 nitrogen and oxygen atoms in total. The molecule has 3 aromatic heterocycles. The maximum absolute atomic E-state index is 10.8. The summed E-state index contributed by atoms with van der Waals surface area (Å²) < 4.78 is 7.49. The van der Waals surface area contributed by atoms with Crippen molar-refractivity contribution >= 4 is 16.3 Å². The zero-order valence-corrected chi connectivity index (χ0v) is 15.0. The van der Waals surface area contributed by atoms with Gasteiger partial charge in [-0.3, -0.25) is 4.90 Å². The lowest BCUT2D eigenvalue weighted by atomic mass is 9.99. The quantitative estimate of drug-likeness (QED) is 0.784. The van der Waals surface area contributed by atoms with E-state index in [1.165, 1.54) is 28.7 Å². The van der Waals surface area contributed by atoms with E-state index in [2.05, 4.69) is 21.9 Å². The molecule has 4 heterocycles. The fourth-order valence-electron chi connectivity index (χ4n) is 3.57. The summed E-state index contributed by atoms with van der Waals surface area (Å²) in [4.78, 5) is 8.41. The third kappa shape index (κ3) is 2.52. The van der Waals surface area contributed by atoms with Crippen LogP contribution in [0, 0.1) is 13.8 Å². The molecule has 1 aliphatic rings. The average Bonchev–Trinajstić information content (AvgIpc) is 3.20. The molecule has 2 unspecified atom stereocenters. The van der Waals surface area contributed by atoms with Gasteiger partial charge >= 0.3 is 0 Å². The summed E-state index contributed by atoms with van der Waals surface area (Å²) in [7, 11) is 0. The number of furan rings is 1. The standard InChI is InChI=1S/C17H22N4O2S/c1-10-6-4-5-9-20(10)14(13-8-7-11(2)23-13)15-16(22)21-17(24-15)18-12(3)19-21/h7-8,10,14,22H,4-6,9H2,1-3H3. The number of fused-ring (bicyclic) bond motifs is 1. The fraction of sp³-hybridized carbons (Fsp3) is 0.529. The van der Waals surface area contributed by atoms with Crippen molar-refractivity contribution < 1.29 is 9.52 Å². The minimum atomic E-state index is -0.0946. The third-order valence-corrected chi connectivity index (χ3v) is 5.84. The molecule has 0 saturated carbocycles. The minimum absolute atomic E-state index is 0.0946. The molecule has 1 aliphatic heterocycles. The highest BCUT2D eigenvalue weighted by molar-refractivity contribution is 7.17. The van der Waals surface area contributed by atoms with Crippen LogP contribution in [-0.4, -0.2) is 37.2 Å². The summed E-state index contributed by atoms with van der Waals surface area (Å²) in [6.07, 6.45) is 3.58. The maximum Gasteiger partial charge on any atom is 0.230 e. The number of nitrogens with zero attached hydrogens (tertiary/aromatic N) is 4. The van der Waals surface area contributed by atoms with Gasteiger partial charge in [-0.1, -0.05) is 17.8 Å². The fourth-order valence-corrected chi connectivity index (χ4v) is 4.70. The normalized spacial score (nSPS) is 20.7. The molecule has 0 aliphatic carbocycles. The Bertz CT molecular complexity index is 865. The molecule has 0 spiro atoms. The Labute approximate surface area is 144 Å². The van der Waals surface area contributed by atoms with E-state index in [9.17, 15) is 5.11 Å². The van der Waals surface area contributed by atoms with Crippen molar-refractivity contribution in [3.63, 3.8) is 0 Å². The van der Waals surface area contributed by atoms with Crippen LogP contribution in [0.4, 0.5) is 0 Å². The predicted octanol–water partition coefficient (Wildman–Crippen LogP) is 3.67. The van der Waals surface area contributed by atoms with Gasteiger partial charge in [-0.25, -0.2) is 4.98 Å². The first-order chi connectivity index (χ1) is 11.5. The number of aromatic hydroxyl groups is 1. The molecule has 1 saturated heterocycles. The van der Waals surface area contributed by atoms with Crippen molar-refractivity contribution in [2.75, 3.05) is 6.54 Å². The molecule has 4 rings (SSSR count). The highest BCUT2D eigenvalue weighted by Crippen LogP contribution is 2.42. The number of aryl methyl sites for hydroxylation is 2. The second-order valence-electron chi connectivity index (χ2n) is 6.58. The molecular weight excluding hydrogens is 324 g/mol. The van der Waals surface area contributed by atoms with Gasteiger partial charge in [-0.15, -0.1) is 5.10 Å². The number of rotatable bonds is 3. The van der Waals surface area contributed by atoms with Gasteiger partial charge in [0.05, 0.1) is 4.88 Å². The van der Waals surface area contributed by atoms with Gasteiger partial charge in [0.1, 0.15) is 23.4 Å². The van der Waals surface area contributed by atoms with Crippen molar-refractivity contribution in [1.29, 1.82) is 0 Å². The monoisotopic (exact) mass is 346 g/mol. The second-order valence-corrected chi connectivity index (χ2v) is 7.59. The molecule has 0 aromatic carbocycles. The summed E-state index contributed by atoms with van der Waals surface area (Å²) in [5.74, 6) is 2.60. The number of piperidine rings is 1. The van der Waals surface area contributed by atoms with Crippen LogP contribution < -0.4 is 0 Å². The number of aromatic nitrogens is 3. The lowest BCUT2D eigenvalue weighted by molar-refractivity contribution is 0.112. The number of thiazole rings is 1. The summed E-state index contributed by atoms with van der Waals surface area (Å²) in [6, 6.07) is 4.34. The number of hydrogen-bond donors (Lipinski definition) is 1. The van der Waals surface area contributed by atoms with E-state index in [1.54, 1.807) is 0 Å². The largest absolute Gasteiger partial charge is 0.492 e. The first kappa shape index (κ1) is 15.7. The van der Waals surface area contributed by atoms with E-state index in [0.717, 1.165) is 34.3 Å². The summed E-state index contributed by atoms with van der Waals surface area (Å²) in [5, 5.41) is 15.1. The number of hydrogen-bond acceptors (Lipinski definition) is 6. The average molecular weight is 346 g/mol. The lowest BCUT2D eigenvalue weighted by Crippen LogP contribution is -2.40. The van der Waals surface area contributed by atoms with Crippen LogP contribution in [0.2, 0.25) is 0 Å². The Hall–Kier alpha value is -1.86. The van der Waals surface area contributed by atoms with Gasteiger partial charge < -0.3 is 9.52 Å².